The molecular weight excluding hydrogens is 240 g/mol. The van der Waals surface area contributed by atoms with Gasteiger partial charge in [-0.2, -0.15) is 11.8 Å². The molecule has 2 aliphatic rings. The molecule has 0 spiro atoms. The van der Waals surface area contributed by atoms with Crippen molar-refractivity contribution >= 4 is 11.8 Å². The first-order valence-corrected chi connectivity index (χ1v) is 7.93. The van der Waals surface area contributed by atoms with Crippen LogP contribution in [0.4, 0.5) is 0 Å². The molecule has 1 N–H and O–H groups in total. The van der Waals surface area contributed by atoms with Gasteiger partial charge in [0.15, 0.2) is 0 Å². The molecule has 1 aromatic carbocycles. The van der Waals surface area contributed by atoms with E-state index in [0.717, 1.165) is 19.3 Å². The van der Waals surface area contributed by atoms with Crippen LogP contribution in [0.2, 0.25) is 0 Å². The van der Waals surface area contributed by atoms with Crippen LogP contribution in [0.15, 0.2) is 18.2 Å². The van der Waals surface area contributed by atoms with Crippen molar-refractivity contribution in [2.45, 2.75) is 62.1 Å². The molecule has 2 unspecified atom stereocenters. The smallest absolute Gasteiger partial charge is 0.0709 e. The number of thioether (sulfide) groups is 1. The van der Waals surface area contributed by atoms with Crippen molar-refractivity contribution < 1.29 is 5.11 Å². The number of hydrogen-bond donors (Lipinski definition) is 1. The normalized spacial score (nSPS) is 34.8. The third-order valence-corrected chi connectivity index (χ3v) is 6.14. The second kappa shape index (κ2) is 4.57. The van der Waals surface area contributed by atoms with Crippen LogP contribution in [-0.4, -0.2) is 21.2 Å². The SMILES string of the molecule is Cc1cccc(C)c1CC1(O)CC2CCC(C1)S2. The molecule has 0 amide bonds. The lowest BCUT2D eigenvalue weighted by Crippen LogP contribution is -2.39. The maximum absolute atomic E-state index is 10.9. The highest BCUT2D eigenvalue weighted by atomic mass is 32.2. The van der Waals surface area contributed by atoms with Crippen LogP contribution in [0.1, 0.15) is 42.4 Å². The van der Waals surface area contributed by atoms with E-state index in [1.807, 2.05) is 0 Å². The molecule has 1 aromatic rings. The Kier molecular flexibility index (Phi) is 3.19. The Bertz CT molecular complexity index is 422. The highest BCUT2D eigenvalue weighted by Crippen LogP contribution is 2.48. The predicted molar refractivity (Wildman–Crippen MR) is 78.2 cm³/mol. The fraction of sp³-hybridized carbons (Fsp3) is 0.625. The molecule has 98 valence electrons. The lowest BCUT2D eigenvalue weighted by molar-refractivity contribution is 0.0239. The molecule has 0 radical (unpaired) electrons. The van der Waals surface area contributed by atoms with Crippen molar-refractivity contribution in [3.63, 3.8) is 0 Å². The molecule has 1 nitrogen and oxygen atoms in total. The van der Waals surface area contributed by atoms with Crippen LogP contribution in [0, 0.1) is 13.8 Å². The minimum Gasteiger partial charge on any atom is -0.389 e. The second-order valence-corrected chi connectivity index (χ2v) is 7.74. The quantitative estimate of drug-likeness (QED) is 0.878. The summed E-state index contributed by atoms with van der Waals surface area (Å²) in [6.45, 7) is 4.33. The Labute approximate surface area is 114 Å². The van der Waals surface area contributed by atoms with Crippen molar-refractivity contribution in [2.24, 2.45) is 0 Å². The lowest BCUT2D eigenvalue weighted by Gasteiger charge is -2.36. The van der Waals surface area contributed by atoms with Gasteiger partial charge in [0.05, 0.1) is 5.60 Å². The van der Waals surface area contributed by atoms with Crippen LogP contribution in [0.5, 0.6) is 0 Å². The molecule has 2 saturated heterocycles. The van der Waals surface area contributed by atoms with E-state index in [4.69, 9.17) is 0 Å². The first kappa shape index (κ1) is 12.6. The Morgan fingerprint density at radius 3 is 2.28 bits per heavy atom. The van der Waals surface area contributed by atoms with Gasteiger partial charge in [0.25, 0.3) is 0 Å². The van der Waals surface area contributed by atoms with Crippen molar-refractivity contribution in [1.82, 2.24) is 0 Å². The molecule has 2 heterocycles. The van der Waals surface area contributed by atoms with Gasteiger partial charge in [-0.3, -0.25) is 0 Å². The Hall–Kier alpha value is -0.470. The summed E-state index contributed by atoms with van der Waals surface area (Å²) in [4.78, 5) is 0. The maximum Gasteiger partial charge on any atom is 0.0709 e. The van der Waals surface area contributed by atoms with E-state index < -0.39 is 5.60 Å². The zero-order valence-electron chi connectivity index (χ0n) is 11.3. The summed E-state index contributed by atoms with van der Waals surface area (Å²) in [7, 11) is 0. The van der Waals surface area contributed by atoms with Gasteiger partial charge in [-0.1, -0.05) is 18.2 Å². The molecule has 18 heavy (non-hydrogen) atoms. The van der Waals surface area contributed by atoms with Crippen molar-refractivity contribution in [2.75, 3.05) is 0 Å². The van der Waals surface area contributed by atoms with E-state index in [-0.39, 0.29) is 0 Å². The van der Waals surface area contributed by atoms with Crippen molar-refractivity contribution in [3.8, 4) is 0 Å². The topological polar surface area (TPSA) is 20.2 Å². The number of benzene rings is 1. The summed E-state index contributed by atoms with van der Waals surface area (Å²) in [5, 5.41) is 12.4. The van der Waals surface area contributed by atoms with Gasteiger partial charge < -0.3 is 5.11 Å². The summed E-state index contributed by atoms with van der Waals surface area (Å²) < 4.78 is 0. The zero-order chi connectivity index (χ0) is 12.8. The largest absolute Gasteiger partial charge is 0.389 e. The van der Waals surface area contributed by atoms with Gasteiger partial charge in [-0.05, 0) is 56.2 Å². The minimum atomic E-state index is -0.450. The molecular formula is C16H22OS. The molecule has 3 rings (SSSR count). The number of aliphatic hydroxyl groups is 1. The van der Waals surface area contributed by atoms with Crippen LogP contribution >= 0.6 is 11.8 Å². The van der Waals surface area contributed by atoms with E-state index in [1.165, 1.54) is 29.5 Å². The summed E-state index contributed by atoms with van der Waals surface area (Å²) in [5.41, 5.74) is 3.57. The maximum atomic E-state index is 10.9. The molecule has 2 bridgehead atoms. The van der Waals surface area contributed by atoms with Crippen LogP contribution in [-0.2, 0) is 6.42 Å². The van der Waals surface area contributed by atoms with Gasteiger partial charge in [-0.15, -0.1) is 0 Å². The fourth-order valence-corrected chi connectivity index (χ4v) is 5.51. The van der Waals surface area contributed by atoms with Gasteiger partial charge in [0.1, 0.15) is 0 Å². The number of rotatable bonds is 2. The standard InChI is InChI=1S/C16H22OS/c1-11-4-3-5-12(2)15(11)10-16(17)8-13-6-7-14(9-16)18-13/h3-5,13-14,17H,6-10H2,1-2H3. The summed E-state index contributed by atoms with van der Waals surface area (Å²) >= 11 is 2.11. The van der Waals surface area contributed by atoms with E-state index in [2.05, 4.69) is 43.8 Å². The molecule has 0 aromatic heterocycles. The molecule has 0 aliphatic carbocycles. The predicted octanol–water partition coefficient (Wildman–Crippen LogP) is 3.64. The summed E-state index contributed by atoms with van der Waals surface area (Å²) in [6, 6.07) is 6.44. The van der Waals surface area contributed by atoms with E-state index in [1.54, 1.807) is 0 Å². The molecule has 2 heteroatoms. The Morgan fingerprint density at radius 2 is 1.72 bits per heavy atom. The van der Waals surface area contributed by atoms with E-state index in [0.29, 0.717) is 10.5 Å². The average Bonchev–Trinajstić information content (AvgIpc) is 2.64. The van der Waals surface area contributed by atoms with E-state index in [9.17, 15) is 5.11 Å². The summed E-state index contributed by atoms with van der Waals surface area (Å²) in [5.74, 6) is 0. The van der Waals surface area contributed by atoms with Gasteiger partial charge >= 0.3 is 0 Å². The second-order valence-electron chi connectivity index (χ2n) is 6.14. The van der Waals surface area contributed by atoms with Crippen LogP contribution < -0.4 is 0 Å². The minimum absolute atomic E-state index is 0.450. The Balaban J connectivity index is 1.83. The Morgan fingerprint density at radius 1 is 1.17 bits per heavy atom. The number of aryl methyl sites for hydroxylation is 2. The fourth-order valence-electron chi connectivity index (χ4n) is 3.61. The number of fused-ring (bicyclic) bond motifs is 2. The molecule has 2 atom stereocenters. The van der Waals surface area contributed by atoms with Crippen molar-refractivity contribution in [1.29, 1.82) is 0 Å². The van der Waals surface area contributed by atoms with Crippen LogP contribution in [0.3, 0.4) is 0 Å². The van der Waals surface area contributed by atoms with Gasteiger partial charge in [0.2, 0.25) is 0 Å². The van der Waals surface area contributed by atoms with Crippen LogP contribution in [0.25, 0.3) is 0 Å². The van der Waals surface area contributed by atoms with Gasteiger partial charge in [0, 0.05) is 16.9 Å². The van der Waals surface area contributed by atoms with Gasteiger partial charge in [-0.25, -0.2) is 0 Å². The monoisotopic (exact) mass is 262 g/mol. The van der Waals surface area contributed by atoms with Crippen molar-refractivity contribution in [3.05, 3.63) is 34.9 Å². The van der Waals surface area contributed by atoms with E-state index >= 15 is 0 Å². The molecule has 2 aliphatic heterocycles. The third kappa shape index (κ3) is 2.33. The lowest BCUT2D eigenvalue weighted by atomic mass is 9.84. The first-order valence-electron chi connectivity index (χ1n) is 6.99. The molecule has 0 saturated carbocycles. The number of hydrogen-bond acceptors (Lipinski definition) is 2. The highest BCUT2D eigenvalue weighted by Gasteiger charge is 2.43. The zero-order valence-corrected chi connectivity index (χ0v) is 12.1. The third-order valence-electron chi connectivity index (χ3n) is 4.56. The average molecular weight is 262 g/mol. The summed E-state index contributed by atoms with van der Waals surface area (Å²) in [6.07, 6.45) is 5.44. The molecule has 2 fully saturated rings. The first-order chi connectivity index (χ1) is 8.56. The highest BCUT2D eigenvalue weighted by molar-refractivity contribution is 8.00.